The highest BCUT2D eigenvalue weighted by Crippen LogP contribution is 2.24. The number of ketones is 1. The Labute approximate surface area is 110 Å². The Hall–Kier alpha value is -2.55. The van der Waals surface area contributed by atoms with Crippen molar-refractivity contribution in [2.45, 2.75) is 6.42 Å². The molecule has 3 nitrogen and oxygen atoms in total. The predicted octanol–water partition coefficient (Wildman–Crippen LogP) is 3.44. The minimum atomic E-state index is 0.0375. The number of carbonyl (C=O) groups excluding carboxylic acids is 1. The topological polar surface area (TPSA) is 56.2 Å². The van der Waals surface area contributed by atoms with Crippen LogP contribution in [0.5, 0.6) is 0 Å². The van der Waals surface area contributed by atoms with Crippen LogP contribution in [-0.4, -0.2) is 5.78 Å². The van der Waals surface area contributed by atoms with Crippen molar-refractivity contribution in [3.8, 4) is 0 Å². The molecular formula is C16H13NO2. The minimum Gasteiger partial charge on any atom is -0.464 e. The zero-order chi connectivity index (χ0) is 13.2. The average Bonchev–Trinajstić information content (AvgIpc) is 2.82. The maximum atomic E-state index is 12.3. The van der Waals surface area contributed by atoms with Gasteiger partial charge in [0.15, 0.2) is 5.78 Å². The molecule has 0 radical (unpaired) electrons. The van der Waals surface area contributed by atoms with Crippen molar-refractivity contribution in [3.63, 3.8) is 0 Å². The molecule has 0 spiro atoms. The van der Waals surface area contributed by atoms with Crippen LogP contribution < -0.4 is 5.73 Å². The number of hydrogen-bond donors (Lipinski definition) is 1. The maximum Gasteiger partial charge on any atom is 0.171 e. The van der Waals surface area contributed by atoms with Gasteiger partial charge < -0.3 is 10.2 Å². The Kier molecular flexibility index (Phi) is 2.80. The Morgan fingerprint density at radius 3 is 2.68 bits per heavy atom. The van der Waals surface area contributed by atoms with Gasteiger partial charge in [0.2, 0.25) is 0 Å². The lowest BCUT2D eigenvalue weighted by Crippen LogP contribution is -2.02. The largest absolute Gasteiger partial charge is 0.464 e. The highest BCUT2D eigenvalue weighted by Gasteiger charge is 2.14. The SMILES string of the molecule is Nc1ccc2occ(C(=O)Cc3ccccc3)c2c1. The second-order valence-corrected chi connectivity index (χ2v) is 4.49. The van der Waals surface area contributed by atoms with Crippen LogP contribution in [0.1, 0.15) is 15.9 Å². The summed E-state index contributed by atoms with van der Waals surface area (Å²) in [7, 11) is 0. The van der Waals surface area contributed by atoms with E-state index < -0.39 is 0 Å². The van der Waals surface area contributed by atoms with Crippen LogP contribution in [0, 0.1) is 0 Å². The molecule has 0 saturated carbocycles. The molecule has 0 unspecified atom stereocenters. The molecule has 2 aromatic carbocycles. The molecule has 0 amide bonds. The van der Waals surface area contributed by atoms with Gasteiger partial charge in [-0.3, -0.25) is 4.79 Å². The highest BCUT2D eigenvalue weighted by molar-refractivity contribution is 6.08. The van der Waals surface area contributed by atoms with Gasteiger partial charge in [0, 0.05) is 17.5 Å². The van der Waals surface area contributed by atoms with Crippen LogP contribution in [0.3, 0.4) is 0 Å². The van der Waals surface area contributed by atoms with E-state index in [1.165, 1.54) is 6.26 Å². The first-order chi connectivity index (χ1) is 9.24. The molecule has 3 heteroatoms. The Balaban J connectivity index is 1.96. The van der Waals surface area contributed by atoms with E-state index in [0.717, 1.165) is 10.9 Å². The van der Waals surface area contributed by atoms with Crippen molar-refractivity contribution in [1.29, 1.82) is 0 Å². The van der Waals surface area contributed by atoms with Gasteiger partial charge in [-0.25, -0.2) is 0 Å². The number of anilines is 1. The summed E-state index contributed by atoms with van der Waals surface area (Å²) in [5, 5.41) is 0.779. The molecule has 0 aliphatic rings. The van der Waals surface area contributed by atoms with E-state index in [1.807, 2.05) is 30.3 Å². The lowest BCUT2D eigenvalue weighted by Gasteiger charge is -2.00. The van der Waals surface area contributed by atoms with E-state index in [2.05, 4.69) is 0 Å². The number of fused-ring (bicyclic) bond motifs is 1. The van der Waals surface area contributed by atoms with Crippen molar-refractivity contribution in [2.24, 2.45) is 0 Å². The summed E-state index contributed by atoms with van der Waals surface area (Å²) in [6, 6.07) is 15.0. The average molecular weight is 251 g/mol. The van der Waals surface area contributed by atoms with Gasteiger partial charge in [-0.05, 0) is 23.8 Å². The van der Waals surface area contributed by atoms with Crippen LogP contribution in [0.25, 0.3) is 11.0 Å². The zero-order valence-corrected chi connectivity index (χ0v) is 10.3. The van der Waals surface area contributed by atoms with Crippen LogP contribution in [0.4, 0.5) is 5.69 Å². The van der Waals surface area contributed by atoms with Gasteiger partial charge in [-0.15, -0.1) is 0 Å². The fourth-order valence-corrected chi connectivity index (χ4v) is 2.14. The van der Waals surface area contributed by atoms with Crippen molar-refractivity contribution >= 4 is 22.4 Å². The standard InChI is InChI=1S/C16H13NO2/c17-12-6-7-16-13(9-12)14(10-19-16)15(18)8-11-4-2-1-3-5-11/h1-7,9-10H,8,17H2. The number of nitrogen functional groups attached to an aromatic ring is 1. The van der Waals surface area contributed by atoms with Gasteiger partial charge in [0.25, 0.3) is 0 Å². The number of Topliss-reactive ketones (excluding diaryl/α,β-unsaturated/α-hetero) is 1. The fourth-order valence-electron chi connectivity index (χ4n) is 2.14. The summed E-state index contributed by atoms with van der Waals surface area (Å²) in [5.74, 6) is 0.0375. The van der Waals surface area contributed by atoms with Gasteiger partial charge in [0.1, 0.15) is 11.8 Å². The van der Waals surface area contributed by atoms with Crippen molar-refractivity contribution in [1.82, 2.24) is 0 Å². The summed E-state index contributed by atoms with van der Waals surface area (Å²) in [4.78, 5) is 12.3. The van der Waals surface area contributed by atoms with E-state index in [1.54, 1.807) is 18.2 Å². The zero-order valence-electron chi connectivity index (χ0n) is 10.3. The predicted molar refractivity (Wildman–Crippen MR) is 75.1 cm³/mol. The molecule has 3 aromatic rings. The molecule has 94 valence electrons. The summed E-state index contributed by atoms with van der Waals surface area (Å²) in [5.41, 5.74) is 8.65. The number of benzene rings is 2. The van der Waals surface area contributed by atoms with Crippen LogP contribution in [0.15, 0.2) is 59.2 Å². The Morgan fingerprint density at radius 1 is 1.11 bits per heavy atom. The normalized spacial score (nSPS) is 10.7. The lowest BCUT2D eigenvalue weighted by atomic mass is 10.0. The highest BCUT2D eigenvalue weighted by atomic mass is 16.3. The first kappa shape index (κ1) is 11.5. The molecule has 0 aliphatic heterocycles. The Bertz CT molecular complexity index is 729. The Morgan fingerprint density at radius 2 is 1.89 bits per heavy atom. The second-order valence-electron chi connectivity index (χ2n) is 4.49. The number of carbonyl (C=O) groups is 1. The molecule has 0 saturated heterocycles. The molecule has 1 heterocycles. The number of nitrogens with two attached hydrogens (primary N) is 1. The number of furan rings is 1. The maximum absolute atomic E-state index is 12.3. The van der Waals surface area contributed by atoms with Crippen LogP contribution >= 0.6 is 0 Å². The van der Waals surface area contributed by atoms with E-state index in [0.29, 0.717) is 23.3 Å². The molecule has 19 heavy (non-hydrogen) atoms. The third kappa shape index (κ3) is 2.22. The minimum absolute atomic E-state index is 0.0375. The van der Waals surface area contributed by atoms with Gasteiger partial charge in [0.05, 0.1) is 5.56 Å². The third-order valence-corrected chi connectivity index (χ3v) is 3.11. The number of hydrogen-bond acceptors (Lipinski definition) is 3. The van der Waals surface area contributed by atoms with Crippen molar-refractivity contribution < 1.29 is 9.21 Å². The first-order valence-corrected chi connectivity index (χ1v) is 6.08. The van der Waals surface area contributed by atoms with E-state index in [9.17, 15) is 4.79 Å². The molecule has 0 fully saturated rings. The van der Waals surface area contributed by atoms with Gasteiger partial charge in [-0.1, -0.05) is 30.3 Å². The summed E-state index contributed by atoms with van der Waals surface area (Å²) in [6.45, 7) is 0. The number of rotatable bonds is 3. The monoisotopic (exact) mass is 251 g/mol. The summed E-state index contributed by atoms with van der Waals surface area (Å²) < 4.78 is 5.39. The molecular weight excluding hydrogens is 238 g/mol. The van der Waals surface area contributed by atoms with Crippen LogP contribution in [0.2, 0.25) is 0 Å². The van der Waals surface area contributed by atoms with Crippen molar-refractivity contribution in [3.05, 3.63) is 65.9 Å². The molecule has 0 atom stereocenters. The lowest BCUT2D eigenvalue weighted by molar-refractivity contribution is 0.0993. The third-order valence-electron chi connectivity index (χ3n) is 3.11. The van der Waals surface area contributed by atoms with E-state index in [4.69, 9.17) is 10.2 Å². The molecule has 3 rings (SSSR count). The van der Waals surface area contributed by atoms with Crippen LogP contribution in [-0.2, 0) is 6.42 Å². The van der Waals surface area contributed by atoms with Gasteiger partial charge >= 0.3 is 0 Å². The second kappa shape index (κ2) is 4.61. The summed E-state index contributed by atoms with van der Waals surface area (Å²) >= 11 is 0. The van der Waals surface area contributed by atoms with Gasteiger partial charge in [-0.2, -0.15) is 0 Å². The smallest absolute Gasteiger partial charge is 0.171 e. The molecule has 0 aliphatic carbocycles. The van der Waals surface area contributed by atoms with E-state index in [-0.39, 0.29) is 5.78 Å². The fraction of sp³-hybridized carbons (Fsp3) is 0.0625. The summed E-state index contributed by atoms with van der Waals surface area (Å²) in [6.07, 6.45) is 1.87. The molecule has 0 bridgehead atoms. The molecule has 1 aromatic heterocycles. The first-order valence-electron chi connectivity index (χ1n) is 6.08. The van der Waals surface area contributed by atoms with Crippen molar-refractivity contribution in [2.75, 3.05) is 5.73 Å². The quantitative estimate of drug-likeness (QED) is 0.573. The molecule has 2 N–H and O–H groups in total. The van der Waals surface area contributed by atoms with E-state index >= 15 is 0 Å².